The summed E-state index contributed by atoms with van der Waals surface area (Å²) in [4.78, 5) is 9.88. The Hall–Kier alpha value is -1.42. The van der Waals surface area contributed by atoms with E-state index in [4.69, 9.17) is 0 Å². The van der Waals surface area contributed by atoms with E-state index in [9.17, 15) is 15.2 Å². The Morgan fingerprint density at radius 2 is 1.85 bits per heavy atom. The highest BCUT2D eigenvalue weighted by Crippen LogP contribution is 2.45. The molecule has 0 atom stereocenters. The quantitative estimate of drug-likeness (QED) is 0.553. The first-order valence-corrected chi connectivity index (χ1v) is 4.09. The van der Waals surface area contributed by atoms with Crippen LogP contribution in [0.1, 0.15) is 18.4 Å². The molecule has 1 aromatic rings. The van der Waals surface area contributed by atoms with Crippen LogP contribution in [0.2, 0.25) is 0 Å². The summed E-state index contributed by atoms with van der Waals surface area (Å²) in [5.41, 5.74) is 0.140. The number of nitrogens with zero attached hydrogens (tertiary/aromatic N) is 1. The smallest absolute Gasteiger partial charge is 0.269 e. The van der Waals surface area contributed by atoms with E-state index in [0.29, 0.717) is 0 Å². The van der Waals surface area contributed by atoms with E-state index in [2.05, 4.69) is 0 Å². The van der Waals surface area contributed by atoms with Gasteiger partial charge in [0.25, 0.3) is 5.69 Å². The molecule has 1 fully saturated rings. The first-order valence-electron chi connectivity index (χ1n) is 4.09. The van der Waals surface area contributed by atoms with E-state index in [1.807, 2.05) is 0 Å². The summed E-state index contributed by atoms with van der Waals surface area (Å²) < 4.78 is 0. The Morgan fingerprint density at radius 3 is 2.23 bits per heavy atom. The van der Waals surface area contributed by atoms with Gasteiger partial charge in [0.1, 0.15) is 0 Å². The van der Waals surface area contributed by atoms with Crippen LogP contribution in [0, 0.1) is 10.1 Å². The minimum absolute atomic E-state index is 0.0630. The Kier molecular flexibility index (Phi) is 1.60. The number of nitro groups is 1. The zero-order valence-corrected chi connectivity index (χ0v) is 6.93. The number of benzene rings is 1. The van der Waals surface area contributed by atoms with Gasteiger partial charge >= 0.3 is 0 Å². The van der Waals surface area contributed by atoms with Gasteiger partial charge in [-0.05, 0) is 30.5 Å². The molecule has 1 aliphatic carbocycles. The van der Waals surface area contributed by atoms with Crippen molar-refractivity contribution in [3.05, 3.63) is 39.9 Å². The molecular weight excluding hydrogens is 170 g/mol. The number of rotatable bonds is 2. The summed E-state index contributed by atoms with van der Waals surface area (Å²) in [5, 5.41) is 20.0. The molecule has 2 rings (SSSR count). The Bertz CT molecular complexity index is 340. The summed E-state index contributed by atoms with van der Waals surface area (Å²) in [7, 11) is 0. The van der Waals surface area contributed by atoms with Crippen molar-refractivity contribution in [2.75, 3.05) is 0 Å². The molecule has 4 nitrogen and oxygen atoms in total. The Balaban J connectivity index is 2.28. The normalized spacial score (nSPS) is 18.2. The van der Waals surface area contributed by atoms with Gasteiger partial charge in [-0.2, -0.15) is 0 Å². The van der Waals surface area contributed by atoms with Crippen molar-refractivity contribution in [1.82, 2.24) is 0 Å². The van der Waals surface area contributed by atoms with Crippen molar-refractivity contribution < 1.29 is 10.0 Å². The second-order valence-corrected chi connectivity index (χ2v) is 3.34. The number of hydrogen-bond donors (Lipinski definition) is 1. The lowest BCUT2D eigenvalue weighted by Crippen LogP contribution is -2.03. The second kappa shape index (κ2) is 2.53. The maximum atomic E-state index is 10.3. The molecule has 0 saturated heterocycles. The zero-order chi connectivity index (χ0) is 9.47. The second-order valence-electron chi connectivity index (χ2n) is 3.34. The van der Waals surface area contributed by atoms with Crippen molar-refractivity contribution >= 4 is 5.69 Å². The van der Waals surface area contributed by atoms with Gasteiger partial charge in [-0.3, -0.25) is 10.1 Å². The number of hydrogen-bond acceptors (Lipinski definition) is 3. The van der Waals surface area contributed by atoms with Crippen molar-refractivity contribution in [2.24, 2.45) is 0 Å². The van der Waals surface area contributed by atoms with Crippen LogP contribution in [-0.4, -0.2) is 10.0 Å². The van der Waals surface area contributed by atoms with Gasteiger partial charge in [0.05, 0.1) is 10.5 Å². The molecule has 0 bridgehead atoms. The Morgan fingerprint density at radius 1 is 1.31 bits per heavy atom. The van der Waals surface area contributed by atoms with E-state index >= 15 is 0 Å². The van der Waals surface area contributed by atoms with Crippen molar-refractivity contribution in [1.29, 1.82) is 0 Å². The van der Waals surface area contributed by atoms with Gasteiger partial charge in [0.2, 0.25) is 0 Å². The first kappa shape index (κ1) is 8.19. The van der Waals surface area contributed by atoms with Gasteiger partial charge in [-0.1, -0.05) is 0 Å². The summed E-state index contributed by atoms with van der Waals surface area (Å²) >= 11 is 0. The molecule has 0 aliphatic heterocycles. The van der Waals surface area contributed by atoms with Crippen LogP contribution >= 0.6 is 0 Å². The third kappa shape index (κ3) is 1.40. The predicted octanol–water partition coefficient (Wildman–Crippen LogP) is 1.58. The van der Waals surface area contributed by atoms with Crippen molar-refractivity contribution in [2.45, 2.75) is 18.4 Å². The lowest BCUT2D eigenvalue weighted by molar-refractivity contribution is -0.384. The highest BCUT2D eigenvalue weighted by atomic mass is 16.6. The molecule has 0 aromatic heterocycles. The molecule has 1 N–H and O–H groups in total. The lowest BCUT2D eigenvalue weighted by Gasteiger charge is -2.05. The van der Waals surface area contributed by atoms with Gasteiger partial charge < -0.3 is 5.11 Å². The average molecular weight is 179 g/mol. The summed E-state index contributed by atoms with van der Waals surface area (Å²) in [6, 6.07) is 6.08. The summed E-state index contributed by atoms with van der Waals surface area (Å²) in [6.07, 6.45) is 1.51. The molecule has 4 heteroatoms. The number of aliphatic hydroxyl groups is 1. The van der Waals surface area contributed by atoms with Gasteiger partial charge in [0.15, 0.2) is 0 Å². The van der Waals surface area contributed by atoms with E-state index < -0.39 is 10.5 Å². The topological polar surface area (TPSA) is 63.4 Å². The van der Waals surface area contributed by atoms with E-state index in [0.717, 1.165) is 18.4 Å². The first-order chi connectivity index (χ1) is 6.12. The summed E-state index contributed by atoms with van der Waals surface area (Å²) in [5.74, 6) is 0. The molecular formula is C9H9NO3. The summed E-state index contributed by atoms with van der Waals surface area (Å²) in [6.45, 7) is 0. The SMILES string of the molecule is O=[N+]([O-])c1ccc(C2(O)CC2)cc1. The van der Waals surface area contributed by atoms with Crippen LogP contribution in [0.15, 0.2) is 24.3 Å². The molecule has 0 spiro atoms. The molecule has 13 heavy (non-hydrogen) atoms. The van der Waals surface area contributed by atoms with Crippen LogP contribution in [0.25, 0.3) is 0 Å². The maximum absolute atomic E-state index is 10.3. The number of nitro benzene ring substituents is 1. The molecule has 1 aromatic carbocycles. The van der Waals surface area contributed by atoms with Crippen LogP contribution in [0.4, 0.5) is 5.69 Å². The van der Waals surface area contributed by atoms with Crippen LogP contribution in [0.3, 0.4) is 0 Å². The predicted molar refractivity (Wildman–Crippen MR) is 46.2 cm³/mol. The molecule has 68 valence electrons. The Labute approximate surface area is 75.0 Å². The third-order valence-corrected chi connectivity index (χ3v) is 2.34. The largest absolute Gasteiger partial charge is 0.385 e. The molecule has 1 saturated carbocycles. The molecule has 0 amide bonds. The fourth-order valence-corrected chi connectivity index (χ4v) is 1.30. The molecule has 0 heterocycles. The van der Waals surface area contributed by atoms with E-state index in [1.54, 1.807) is 12.1 Å². The van der Waals surface area contributed by atoms with Crippen LogP contribution in [-0.2, 0) is 5.60 Å². The average Bonchev–Trinajstić information content (AvgIpc) is 2.85. The monoisotopic (exact) mass is 179 g/mol. The van der Waals surface area contributed by atoms with Crippen molar-refractivity contribution in [3.63, 3.8) is 0 Å². The van der Waals surface area contributed by atoms with Gasteiger partial charge in [-0.25, -0.2) is 0 Å². The lowest BCUT2D eigenvalue weighted by atomic mass is 10.1. The van der Waals surface area contributed by atoms with Gasteiger partial charge in [0, 0.05) is 12.1 Å². The minimum atomic E-state index is -0.699. The standard InChI is InChI=1S/C9H9NO3/c11-9(5-6-9)7-1-3-8(4-2-7)10(12)13/h1-4,11H,5-6H2. The van der Waals surface area contributed by atoms with E-state index in [1.165, 1.54) is 12.1 Å². The van der Waals surface area contributed by atoms with Crippen LogP contribution < -0.4 is 0 Å². The highest BCUT2D eigenvalue weighted by Gasteiger charge is 2.42. The fourth-order valence-electron chi connectivity index (χ4n) is 1.30. The highest BCUT2D eigenvalue weighted by molar-refractivity contribution is 5.37. The molecule has 1 aliphatic rings. The fraction of sp³-hybridized carbons (Fsp3) is 0.333. The van der Waals surface area contributed by atoms with E-state index in [-0.39, 0.29) is 5.69 Å². The zero-order valence-electron chi connectivity index (χ0n) is 6.93. The molecule has 0 radical (unpaired) electrons. The van der Waals surface area contributed by atoms with Gasteiger partial charge in [-0.15, -0.1) is 0 Å². The molecule has 0 unspecified atom stereocenters. The maximum Gasteiger partial charge on any atom is 0.269 e. The minimum Gasteiger partial charge on any atom is -0.385 e. The van der Waals surface area contributed by atoms with Crippen molar-refractivity contribution in [3.8, 4) is 0 Å². The third-order valence-electron chi connectivity index (χ3n) is 2.34. The van der Waals surface area contributed by atoms with Crippen LogP contribution in [0.5, 0.6) is 0 Å². The number of non-ortho nitro benzene ring substituents is 1.